The van der Waals surface area contributed by atoms with Crippen LogP contribution in [0.5, 0.6) is 0 Å². The van der Waals surface area contributed by atoms with Gasteiger partial charge in [-0.2, -0.15) is 0 Å². The molecule has 0 aromatic carbocycles. The third kappa shape index (κ3) is 1.52. The van der Waals surface area contributed by atoms with E-state index in [2.05, 4.69) is 47.1 Å². The predicted octanol–water partition coefficient (Wildman–Crippen LogP) is 0.316. The molecular weight excluding hydrogens is 277 g/mol. The van der Waals surface area contributed by atoms with E-state index in [1.54, 1.807) is 18.6 Å². The maximum atomic E-state index is 4.01. The summed E-state index contributed by atoms with van der Waals surface area (Å²) in [4.78, 5) is 0. The molecule has 0 saturated heterocycles. The molecule has 0 aliphatic carbocycles. The van der Waals surface area contributed by atoms with Crippen molar-refractivity contribution in [1.82, 2.24) is 30.6 Å². The molecule has 0 aliphatic rings. The number of nitrogens with one attached hydrogen (secondary N) is 3. The van der Waals surface area contributed by atoms with Gasteiger partial charge in [0, 0.05) is 0 Å². The molecule has 0 amide bonds. The van der Waals surface area contributed by atoms with Gasteiger partial charge in [0.2, 0.25) is 0 Å². The van der Waals surface area contributed by atoms with Crippen molar-refractivity contribution in [3.63, 3.8) is 0 Å². The van der Waals surface area contributed by atoms with Gasteiger partial charge >= 0.3 is 105 Å². The zero-order chi connectivity index (χ0) is 11.7. The fourth-order valence-corrected chi connectivity index (χ4v) is 2.71. The quantitative estimate of drug-likeness (QED) is 0.606. The van der Waals surface area contributed by atoms with Gasteiger partial charge in [0.15, 0.2) is 0 Å². The molecule has 3 aromatic rings. The number of rotatable bonds is 3. The number of aromatic nitrogens is 6. The van der Waals surface area contributed by atoms with E-state index >= 15 is 0 Å². The van der Waals surface area contributed by atoms with E-state index in [0.717, 1.165) is 17.1 Å². The molecule has 3 rings (SSSR count). The van der Waals surface area contributed by atoms with Crippen molar-refractivity contribution in [3.05, 3.63) is 53.9 Å². The van der Waals surface area contributed by atoms with Crippen LogP contribution in [0.3, 0.4) is 0 Å². The van der Waals surface area contributed by atoms with Crippen LogP contribution in [-0.4, -0.2) is 47.1 Å². The average molecular weight is 286 g/mol. The molecule has 0 unspecified atom stereocenters. The summed E-state index contributed by atoms with van der Waals surface area (Å²) in [6.07, 6.45) is 5.21. The van der Waals surface area contributed by atoms with Crippen molar-refractivity contribution >= 4 is 16.5 Å². The Kier molecular flexibility index (Phi) is 2.36. The summed E-state index contributed by atoms with van der Waals surface area (Å²) >= 11 is 2.08. The van der Waals surface area contributed by atoms with Gasteiger partial charge in [0.1, 0.15) is 0 Å². The third-order valence-electron chi connectivity index (χ3n) is 2.71. The van der Waals surface area contributed by atoms with Gasteiger partial charge in [-0.3, -0.25) is 0 Å². The molecule has 3 N–H and O–H groups in total. The topological polar surface area (TPSA) is 86.0 Å². The van der Waals surface area contributed by atoms with Gasteiger partial charge < -0.3 is 0 Å². The summed E-state index contributed by atoms with van der Waals surface area (Å²) in [5.74, 6) is 0. The molecule has 3 heterocycles. The summed E-state index contributed by atoms with van der Waals surface area (Å²) in [6, 6.07) is 5.84. The number of H-pyrrole nitrogens is 3. The van der Waals surface area contributed by atoms with Crippen LogP contribution in [0.25, 0.3) is 0 Å². The Hall–Kier alpha value is -1.83. The Balaban J connectivity index is 2.21. The fraction of sp³-hybridized carbons (Fsp3) is 0.100. The first-order valence-corrected chi connectivity index (χ1v) is 6.11. The van der Waals surface area contributed by atoms with Gasteiger partial charge in [0.25, 0.3) is 0 Å². The normalized spacial score (nSPS) is 11.8. The van der Waals surface area contributed by atoms with E-state index in [4.69, 9.17) is 0 Å². The molecule has 83 valence electrons. The first-order chi connectivity index (χ1) is 8.32. The molecule has 0 atom stereocenters. The molecule has 0 spiro atoms. The minimum absolute atomic E-state index is 0.385. The van der Waals surface area contributed by atoms with E-state index in [9.17, 15) is 0 Å². The number of hydrogen-bond donors (Lipinski definition) is 3. The second kappa shape index (κ2) is 3.88. The van der Waals surface area contributed by atoms with Crippen LogP contribution in [0, 0.1) is 0 Å². The zero-order valence-electron chi connectivity index (χ0n) is 8.81. The Bertz CT molecular complexity index is 484. The van der Waals surface area contributed by atoms with Crippen molar-refractivity contribution in [2.45, 2.75) is 4.25 Å². The molecule has 0 fully saturated rings. The first kappa shape index (κ1) is 10.3. The summed E-state index contributed by atoms with van der Waals surface area (Å²) in [5.41, 5.74) is 2.93. The first-order valence-electron chi connectivity index (χ1n) is 5.06. The summed E-state index contributed by atoms with van der Waals surface area (Å²) < 4.78 is -0.385. The van der Waals surface area contributed by atoms with E-state index < -0.39 is 0 Å². The molecule has 3 radical (unpaired) electrons. The minimum atomic E-state index is -0.385. The Labute approximate surface area is 105 Å². The maximum absolute atomic E-state index is 4.01. The summed E-state index contributed by atoms with van der Waals surface area (Å²) in [5, 5.41) is 21.1. The molecule has 17 heavy (non-hydrogen) atoms. The van der Waals surface area contributed by atoms with Crippen molar-refractivity contribution in [2.24, 2.45) is 0 Å². The second-order valence-corrected chi connectivity index (χ2v) is 5.23. The standard InChI is InChI=1S/C10H9GeN6/c11-10(7-1-4-12-15-7,8-2-5-13-16-8)9-3-6-14-17-9/h1-6H,(H,12,15)(H,13,16)(H,14,17). The summed E-state index contributed by atoms with van der Waals surface area (Å²) in [7, 11) is 0. The molecule has 0 saturated carbocycles. The third-order valence-corrected chi connectivity index (χ3v) is 4.41. The van der Waals surface area contributed by atoms with Crippen LogP contribution in [0.1, 0.15) is 17.1 Å². The summed E-state index contributed by atoms with van der Waals surface area (Å²) in [6.45, 7) is 0. The number of nitrogens with zero attached hydrogens (tertiary/aromatic N) is 3. The Morgan fingerprint density at radius 1 is 0.765 bits per heavy atom. The Morgan fingerprint density at radius 3 is 1.35 bits per heavy atom. The van der Waals surface area contributed by atoms with Crippen LogP contribution < -0.4 is 0 Å². The number of hydrogen-bond acceptors (Lipinski definition) is 3. The molecule has 0 aliphatic heterocycles. The molecular formula is C10H9GeN6. The van der Waals surface area contributed by atoms with Crippen LogP contribution in [0.2, 0.25) is 0 Å². The number of aromatic amines is 3. The van der Waals surface area contributed by atoms with E-state index in [1.165, 1.54) is 0 Å². The van der Waals surface area contributed by atoms with E-state index in [1.807, 2.05) is 18.2 Å². The van der Waals surface area contributed by atoms with Crippen molar-refractivity contribution < 1.29 is 0 Å². The molecule has 7 heteroatoms. The zero-order valence-corrected chi connectivity index (χ0v) is 10.9. The SMILES string of the molecule is [Ge][C](c1ccn[nH]1)(c1ccn[nH]1)c1ccn[nH]1. The molecule has 0 bridgehead atoms. The van der Waals surface area contributed by atoms with Crippen molar-refractivity contribution in [3.8, 4) is 0 Å². The van der Waals surface area contributed by atoms with Crippen molar-refractivity contribution in [2.75, 3.05) is 0 Å². The van der Waals surface area contributed by atoms with Crippen LogP contribution in [0.15, 0.2) is 36.8 Å². The van der Waals surface area contributed by atoms with Gasteiger partial charge in [-0.15, -0.1) is 0 Å². The monoisotopic (exact) mass is 287 g/mol. The van der Waals surface area contributed by atoms with Crippen LogP contribution >= 0.6 is 0 Å². The molecule has 3 aromatic heterocycles. The molecule has 6 nitrogen and oxygen atoms in total. The van der Waals surface area contributed by atoms with Gasteiger partial charge in [-0.05, 0) is 0 Å². The van der Waals surface area contributed by atoms with Crippen LogP contribution in [-0.2, 0) is 4.25 Å². The van der Waals surface area contributed by atoms with Gasteiger partial charge in [-0.1, -0.05) is 0 Å². The van der Waals surface area contributed by atoms with Gasteiger partial charge in [0.05, 0.1) is 0 Å². The Morgan fingerprint density at radius 2 is 1.12 bits per heavy atom. The fourth-order valence-electron chi connectivity index (χ4n) is 1.83. The van der Waals surface area contributed by atoms with Crippen LogP contribution in [0.4, 0.5) is 0 Å². The van der Waals surface area contributed by atoms with Crippen molar-refractivity contribution in [1.29, 1.82) is 0 Å². The second-order valence-electron chi connectivity index (χ2n) is 3.66. The van der Waals surface area contributed by atoms with E-state index in [0.29, 0.717) is 0 Å². The van der Waals surface area contributed by atoms with Gasteiger partial charge in [-0.25, -0.2) is 0 Å². The van der Waals surface area contributed by atoms with E-state index in [-0.39, 0.29) is 4.25 Å². The predicted molar refractivity (Wildman–Crippen MR) is 61.4 cm³/mol. The average Bonchev–Trinajstić information content (AvgIpc) is 3.10.